The van der Waals surface area contributed by atoms with Crippen LogP contribution in [0.5, 0.6) is 0 Å². The van der Waals surface area contributed by atoms with E-state index in [1.165, 1.54) is 4.90 Å². The number of likely N-dealkylation sites (N-methyl/N-ethyl adjacent to an activating group) is 1. The van der Waals surface area contributed by atoms with Crippen molar-refractivity contribution >= 4 is 11.8 Å². The normalized spacial score (nSPS) is 17.3. The van der Waals surface area contributed by atoms with E-state index < -0.39 is 0 Å². The maximum absolute atomic E-state index is 12.4. The molecule has 1 aliphatic heterocycles. The van der Waals surface area contributed by atoms with E-state index in [1.54, 1.807) is 11.9 Å². The molecule has 1 N–H and O–H groups in total. The number of hydrogen-bond acceptors (Lipinski definition) is 4. The summed E-state index contributed by atoms with van der Waals surface area (Å²) in [7, 11) is 1.75. The molecule has 0 aliphatic carbocycles. The predicted octanol–water partition coefficient (Wildman–Crippen LogP) is 0.406. The molecule has 1 aromatic rings. The van der Waals surface area contributed by atoms with Crippen LogP contribution in [-0.4, -0.2) is 63.5 Å². The number of rotatable bonds is 1. The van der Waals surface area contributed by atoms with Gasteiger partial charge in [0.1, 0.15) is 12.4 Å². The van der Waals surface area contributed by atoms with Crippen molar-refractivity contribution in [2.75, 3.05) is 26.7 Å². The van der Waals surface area contributed by atoms with Crippen molar-refractivity contribution in [1.82, 2.24) is 25.0 Å². The molecule has 2 heterocycles. The fourth-order valence-electron chi connectivity index (χ4n) is 1.99. The molecule has 1 aromatic heterocycles. The molecular weight excluding hydrogens is 258 g/mol. The SMILES string of the molecule is CN1CCCN(C(=O)c2n[nH]c(C(C)(C)C)n2)CC1=O. The maximum atomic E-state index is 12.4. The van der Waals surface area contributed by atoms with Gasteiger partial charge < -0.3 is 9.80 Å². The summed E-state index contributed by atoms with van der Waals surface area (Å²) in [5.74, 6) is 0.453. The van der Waals surface area contributed by atoms with Crippen LogP contribution in [0.15, 0.2) is 0 Å². The molecule has 1 aliphatic rings. The van der Waals surface area contributed by atoms with E-state index in [2.05, 4.69) is 15.2 Å². The standard InChI is InChI=1S/C13H21N5O2/c1-13(2,3)12-14-10(15-16-12)11(20)18-7-5-6-17(4)9(19)8-18/h5-8H2,1-4H3,(H,14,15,16). The third kappa shape index (κ3) is 2.97. The zero-order valence-corrected chi connectivity index (χ0v) is 12.4. The third-order valence-electron chi connectivity index (χ3n) is 3.35. The van der Waals surface area contributed by atoms with E-state index in [0.29, 0.717) is 18.9 Å². The van der Waals surface area contributed by atoms with Gasteiger partial charge in [0.25, 0.3) is 5.91 Å². The fraction of sp³-hybridized carbons (Fsp3) is 0.692. The largest absolute Gasteiger partial charge is 0.344 e. The minimum absolute atomic E-state index is 0.0533. The highest BCUT2D eigenvalue weighted by molar-refractivity contribution is 5.93. The van der Waals surface area contributed by atoms with Crippen LogP contribution in [0.1, 0.15) is 43.6 Å². The number of nitrogens with zero attached hydrogens (tertiary/aromatic N) is 4. The average Bonchev–Trinajstić information content (AvgIpc) is 2.79. The number of aromatic nitrogens is 3. The van der Waals surface area contributed by atoms with Gasteiger partial charge in [0.2, 0.25) is 11.7 Å². The van der Waals surface area contributed by atoms with Gasteiger partial charge in [0, 0.05) is 25.6 Å². The van der Waals surface area contributed by atoms with Crippen molar-refractivity contribution in [3.8, 4) is 0 Å². The summed E-state index contributed by atoms with van der Waals surface area (Å²) in [5, 5.41) is 6.78. The first kappa shape index (κ1) is 14.5. The second kappa shape index (κ2) is 5.22. The first-order chi connectivity index (χ1) is 9.29. The van der Waals surface area contributed by atoms with Crippen molar-refractivity contribution in [3.63, 3.8) is 0 Å². The van der Waals surface area contributed by atoms with Crippen LogP contribution in [0.3, 0.4) is 0 Å². The number of carbonyl (C=O) groups excluding carboxylic acids is 2. The predicted molar refractivity (Wildman–Crippen MR) is 73.2 cm³/mol. The number of amides is 2. The smallest absolute Gasteiger partial charge is 0.293 e. The Labute approximate surface area is 118 Å². The Morgan fingerprint density at radius 1 is 1.30 bits per heavy atom. The molecule has 0 saturated carbocycles. The molecule has 1 fully saturated rings. The molecule has 1 saturated heterocycles. The summed E-state index contributed by atoms with van der Waals surface area (Å²) >= 11 is 0. The highest BCUT2D eigenvalue weighted by Gasteiger charge is 2.27. The number of aromatic amines is 1. The Hall–Kier alpha value is -1.92. The number of nitrogens with one attached hydrogen (secondary N) is 1. The first-order valence-electron chi connectivity index (χ1n) is 6.75. The monoisotopic (exact) mass is 279 g/mol. The summed E-state index contributed by atoms with van der Waals surface area (Å²) in [6, 6.07) is 0. The van der Waals surface area contributed by atoms with Crippen molar-refractivity contribution in [2.45, 2.75) is 32.6 Å². The van der Waals surface area contributed by atoms with Crippen LogP contribution in [0.4, 0.5) is 0 Å². The Bertz CT molecular complexity index is 517. The second-order valence-electron chi connectivity index (χ2n) is 6.15. The molecule has 0 radical (unpaired) electrons. The minimum Gasteiger partial charge on any atom is -0.344 e. The molecule has 7 nitrogen and oxygen atoms in total. The molecule has 0 unspecified atom stereocenters. The lowest BCUT2D eigenvalue weighted by atomic mass is 9.96. The molecule has 0 spiro atoms. The minimum atomic E-state index is -0.291. The maximum Gasteiger partial charge on any atom is 0.293 e. The molecule has 7 heteroatoms. The molecule has 0 aromatic carbocycles. The van der Waals surface area contributed by atoms with Gasteiger partial charge in [-0.2, -0.15) is 0 Å². The highest BCUT2D eigenvalue weighted by Crippen LogP contribution is 2.18. The molecule has 0 atom stereocenters. The molecule has 20 heavy (non-hydrogen) atoms. The zero-order valence-electron chi connectivity index (χ0n) is 12.4. The van der Waals surface area contributed by atoms with Gasteiger partial charge in [0.05, 0.1) is 0 Å². The summed E-state index contributed by atoms with van der Waals surface area (Å²) in [5.41, 5.74) is -0.194. The van der Waals surface area contributed by atoms with Crippen LogP contribution in [0.2, 0.25) is 0 Å². The van der Waals surface area contributed by atoms with Crippen LogP contribution in [-0.2, 0) is 10.2 Å². The van der Waals surface area contributed by atoms with Crippen LogP contribution < -0.4 is 0 Å². The summed E-state index contributed by atoms with van der Waals surface area (Å²) in [6.45, 7) is 7.29. The van der Waals surface area contributed by atoms with E-state index >= 15 is 0 Å². The Morgan fingerprint density at radius 2 is 2.00 bits per heavy atom. The van der Waals surface area contributed by atoms with Gasteiger partial charge in [0.15, 0.2) is 0 Å². The van der Waals surface area contributed by atoms with E-state index in [-0.39, 0.29) is 29.6 Å². The first-order valence-corrected chi connectivity index (χ1v) is 6.75. The van der Waals surface area contributed by atoms with Crippen molar-refractivity contribution < 1.29 is 9.59 Å². The molecule has 2 rings (SSSR count). The molecule has 0 bridgehead atoms. The van der Waals surface area contributed by atoms with Crippen molar-refractivity contribution in [2.24, 2.45) is 0 Å². The van der Waals surface area contributed by atoms with Gasteiger partial charge in [-0.1, -0.05) is 20.8 Å². The van der Waals surface area contributed by atoms with Crippen LogP contribution >= 0.6 is 0 Å². The molecule has 110 valence electrons. The lowest BCUT2D eigenvalue weighted by molar-refractivity contribution is -0.129. The zero-order chi connectivity index (χ0) is 14.9. The van der Waals surface area contributed by atoms with Gasteiger partial charge in [-0.3, -0.25) is 14.7 Å². The van der Waals surface area contributed by atoms with E-state index in [9.17, 15) is 9.59 Å². The average molecular weight is 279 g/mol. The second-order valence-corrected chi connectivity index (χ2v) is 6.15. The topological polar surface area (TPSA) is 82.2 Å². The summed E-state index contributed by atoms with van der Waals surface area (Å²) < 4.78 is 0. The lowest BCUT2D eigenvalue weighted by Crippen LogP contribution is -2.38. The Kier molecular flexibility index (Phi) is 3.78. The van der Waals surface area contributed by atoms with Crippen LogP contribution in [0.25, 0.3) is 0 Å². The number of carbonyl (C=O) groups is 2. The van der Waals surface area contributed by atoms with E-state index in [1.807, 2.05) is 20.8 Å². The van der Waals surface area contributed by atoms with Gasteiger partial charge in [-0.05, 0) is 6.42 Å². The van der Waals surface area contributed by atoms with E-state index in [0.717, 1.165) is 6.42 Å². The fourth-order valence-corrected chi connectivity index (χ4v) is 1.99. The van der Waals surface area contributed by atoms with Crippen LogP contribution in [0, 0.1) is 0 Å². The Balaban J connectivity index is 2.14. The van der Waals surface area contributed by atoms with Crippen molar-refractivity contribution in [3.05, 3.63) is 11.6 Å². The lowest BCUT2D eigenvalue weighted by Gasteiger charge is -2.18. The number of hydrogen-bond donors (Lipinski definition) is 1. The van der Waals surface area contributed by atoms with Gasteiger partial charge in [-0.25, -0.2) is 4.98 Å². The molecule has 2 amide bonds. The molecular formula is C13H21N5O2. The quantitative estimate of drug-likeness (QED) is 0.807. The number of H-pyrrole nitrogens is 1. The summed E-state index contributed by atoms with van der Waals surface area (Å²) in [6.07, 6.45) is 0.768. The Morgan fingerprint density at radius 3 is 2.60 bits per heavy atom. The van der Waals surface area contributed by atoms with Gasteiger partial charge in [-0.15, -0.1) is 5.10 Å². The van der Waals surface area contributed by atoms with Gasteiger partial charge >= 0.3 is 0 Å². The third-order valence-corrected chi connectivity index (χ3v) is 3.35. The highest BCUT2D eigenvalue weighted by atomic mass is 16.2. The van der Waals surface area contributed by atoms with E-state index in [4.69, 9.17) is 0 Å². The summed E-state index contributed by atoms with van der Waals surface area (Å²) in [4.78, 5) is 31.6. The van der Waals surface area contributed by atoms with Crippen molar-refractivity contribution in [1.29, 1.82) is 0 Å².